The average Bonchev–Trinajstić information content (AvgIpc) is 3.18. The first-order valence-corrected chi connectivity index (χ1v) is 6.77. The van der Waals surface area contributed by atoms with E-state index in [1.165, 1.54) is 0 Å². The van der Waals surface area contributed by atoms with Crippen molar-refractivity contribution < 1.29 is 18.0 Å². The van der Waals surface area contributed by atoms with Crippen LogP contribution in [0.1, 0.15) is 25.7 Å². The number of carbonyl (C=O) groups excluding carboxylic acids is 1. The van der Waals surface area contributed by atoms with Crippen molar-refractivity contribution in [2.45, 2.75) is 37.9 Å². The van der Waals surface area contributed by atoms with Crippen LogP contribution in [0.5, 0.6) is 0 Å². The second-order valence-corrected chi connectivity index (χ2v) is 5.35. The maximum Gasteiger partial charge on any atom is 0.405 e. The maximum atomic E-state index is 12.1. The zero-order valence-electron chi connectivity index (χ0n) is 10.8. The molecule has 0 atom stereocenters. The van der Waals surface area contributed by atoms with Gasteiger partial charge in [-0.05, 0) is 44.7 Å². The molecule has 1 aliphatic carbocycles. The molecule has 1 heterocycles. The number of nitrogens with one attached hydrogen (secondary N) is 2. The summed E-state index contributed by atoms with van der Waals surface area (Å²) in [5.41, 5.74) is 0. The fourth-order valence-corrected chi connectivity index (χ4v) is 2.40. The first-order chi connectivity index (χ1) is 8.96. The first-order valence-electron chi connectivity index (χ1n) is 6.77. The SMILES string of the molecule is O=C(NCC(F)(F)F)N(CC1CCNCC1)C1CC1. The molecular weight excluding hydrogens is 259 g/mol. The molecule has 2 N–H and O–H groups in total. The van der Waals surface area contributed by atoms with Crippen molar-refractivity contribution in [2.24, 2.45) is 5.92 Å². The fourth-order valence-electron chi connectivity index (χ4n) is 2.40. The molecule has 0 radical (unpaired) electrons. The van der Waals surface area contributed by atoms with E-state index in [4.69, 9.17) is 0 Å². The molecule has 110 valence electrons. The highest BCUT2D eigenvalue weighted by molar-refractivity contribution is 5.75. The van der Waals surface area contributed by atoms with Gasteiger partial charge in [0, 0.05) is 12.6 Å². The van der Waals surface area contributed by atoms with E-state index < -0.39 is 18.8 Å². The Kier molecular flexibility index (Phi) is 4.54. The standard InChI is InChI=1S/C12H20F3N3O/c13-12(14,15)8-17-11(19)18(10-1-2-10)7-9-3-5-16-6-4-9/h9-10,16H,1-8H2,(H,17,19). The lowest BCUT2D eigenvalue weighted by Crippen LogP contribution is -2.47. The van der Waals surface area contributed by atoms with Gasteiger partial charge in [0.1, 0.15) is 6.54 Å². The summed E-state index contributed by atoms with van der Waals surface area (Å²) in [6, 6.07) is -0.429. The van der Waals surface area contributed by atoms with Crippen molar-refractivity contribution in [1.82, 2.24) is 15.5 Å². The van der Waals surface area contributed by atoms with Crippen LogP contribution in [-0.2, 0) is 0 Å². The third-order valence-corrected chi connectivity index (χ3v) is 3.60. The number of amides is 2. The van der Waals surface area contributed by atoms with Crippen LogP contribution in [0.2, 0.25) is 0 Å². The summed E-state index contributed by atoms with van der Waals surface area (Å²) in [6.07, 6.45) is -0.569. The highest BCUT2D eigenvalue weighted by Crippen LogP contribution is 2.29. The number of carbonyl (C=O) groups is 1. The number of halogens is 3. The Morgan fingerprint density at radius 3 is 2.37 bits per heavy atom. The summed E-state index contributed by atoms with van der Waals surface area (Å²) >= 11 is 0. The lowest BCUT2D eigenvalue weighted by Gasteiger charge is -2.30. The minimum absolute atomic E-state index is 0.142. The van der Waals surface area contributed by atoms with E-state index in [9.17, 15) is 18.0 Å². The molecule has 19 heavy (non-hydrogen) atoms. The van der Waals surface area contributed by atoms with Crippen molar-refractivity contribution in [1.29, 1.82) is 0 Å². The minimum atomic E-state index is -4.35. The zero-order valence-corrected chi connectivity index (χ0v) is 10.8. The lowest BCUT2D eigenvalue weighted by atomic mass is 9.97. The van der Waals surface area contributed by atoms with E-state index >= 15 is 0 Å². The van der Waals surface area contributed by atoms with Gasteiger partial charge in [0.15, 0.2) is 0 Å². The number of urea groups is 1. The third kappa shape index (κ3) is 4.89. The van der Waals surface area contributed by atoms with E-state index in [1.54, 1.807) is 4.90 Å². The normalized spacial score (nSPS) is 21.2. The molecule has 0 aromatic heterocycles. The molecule has 0 aromatic rings. The number of piperidine rings is 1. The van der Waals surface area contributed by atoms with Crippen LogP contribution < -0.4 is 10.6 Å². The Hall–Kier alpha value is -0.980. The second kappa shape index (κ2) is 5.98. The molecule has 2 aliphatic rings. The van der Waals surface area contributed by atoms with Gasteiger partial charge in [0.25, 0.3) is 0 Å². The smallest absolute Gasteiger partial charge is 0.329 e. The van der Waals surface area contributed by atoms with E-state index in [2.05, 4.69) is 5.32 Å². The number of hydrogen-bond donors (Lipinski definition) is 2. The van der Waals surface area contributed by atoms with Crippen LogP contribution in [0.15, 0.2) is 0 Å². The van der Waals surface area contributed by atoms with Gasteiger partial charge in [-0.3, -0.25) is 0 Å². The second-order valence-electron chi connectivity index (χ2n) is 5.35. The maximum absolute atomic E-state index is 12.1. The van der Waals surface area contributed by atoms with E-state index in [0.717, 1.165) is 38.8 Å². The molecule has 2 fully saturated rings. The Labute approximate surface area is 110 Å². The predicted octanol–water partition coefficient (Wildman–Crippen LogP) is 1.72. The van der Waals surface area contributed by atoms with Crippen molar-refractivity contribution in [3.63, 3.8) is 0 Å². The highest BCUT2D eigenvalue weighted by atomic mass is 19.4. The monoisotopic (exact) mass is 279 g/mol. The van der Waals surface area contributed by atoms with Crippen LogP contribution in [0.25, 0.3) is 0 Å². The zero-order chi connectivity index (χ0) is 13.9. The molecule has 1 saturated heterocycles. The minimum Gasteiger partial charge on any atom is -0.329 e. The summed E-state index contributed by atoms with van der Waals surface area (Å²) in [4.78, 5) is 13.4. The van der Waals surface area contributed by atoms with Gasteiger partial charge in [0.2, 0.25) is 0 Å². The van der Waals surface area contributed by atoms with Gasteiger partial charge in [-0.15, -0.1) is 0 Å². The molecule has 0 bridgehead atoms. The molecule has 7 heteroatoms. The molecule has 1 saturated carbocycles. The van der Waals surface area contributed by atoms with Crippen LogP contribution in [0.4, 0.5) is 18.0 Å². The molecule has 1 aliphatic heterocycles. The molecule has 0 unspecified atom stereocenters. The molecular formula is C12H20F3N3O. The summed E-state index contributed by atoms with van der Waals surface area (Å²) < 4.78 is 36.3. The number of hydrogen-bond acceptors (Lipinski definition) is 2. The quantitative estimate of drug-likeness (QED) is 0.823. The largest absolute Gasteiger partial charge is 0.405 e. The Balaban J connectivity index is 1.82. The van der Waals surface area contributed by atoms with Gasteiger partial charge in [-0.25, -0.2) is 4.79 Å². The average molecular weight is 279 g/mol. The van der Waals surface area contributed by atoms with Crippen molar-refractivity contribution >= 4 is 6.03 Å². The molecule has 2 rings (SSSR count). The lowest BCUT2D eigenvalue weighted by molar-refractivity contribution is -0.123. The van der Waals surface area contributed by atoms with Crippen LogP contribution in [0, 0.1) is 5.92 Å². The van der Waals surface area contributed by atoms with Gasteiger partial charge in [-0.1, -0.05) is 0 Å². The molecule has 0 spiro atoms. The predicted molar refractivity (Wildman–Crippen MR) is 64.8 cm³/mol. The summed E-state index contributed by atoms with van der Waals surface area (Å²) in [6.45, 7) is 1.18. The Bertz CT molecular complexity index is 312. The Morgan fingerprint density at radius 2 is 1.84 bits per heavy atom. The van der Waals surface area contributed by atoms with Crippen LogP contribution in [-0.4, -0.2) is 49.3 Å². The van der Waals surface area contributed by atoms with E-state index in [-0.39, 0.29) is 6.04 Å². The molecule has 0 aromatic carbocycles. The van der Waals surface area contributed by atoms with Crippen molar-refractivity contribution in [3.8, 4) is 0 Å². The fraction of sp³-hybridized carbons (Fsp3) is 0.917. The van der Waals surface area contributed by atoms with Crippen LogP contribution in [0.3, 0.4) is 0 Å². The first kappa shape index (κ1) is 14.4. The number of rotatable bonds is 4. The number of nitrogens with zero attached hydrogens (tertiary/aromatic N) is 1. The number of alkyl halides is 3. The van der Waals surface area contributed by atoms with E-state index in [1.807, 2.05) is 5.32 Å². The van der Waals surface area contributed by atoms with Crippen LogP contribution >= 0.6 is 0 Å². The van der Waals surface area contributed by atoms with Gasteiger partial charge >= 0.3 is 12.2 Å². The summed E-state index contributed by atoms with van der Waals surface area (Å²) in [7, 11) is 0. The topological polar surface area (TPSA) is 44.4 Å². The summed E-state index contributed by atoms with van der Waals surface area (Å²) in [5.74, 6) is 0.401. The van der Waals surface area contributed by atoms with Crippen molar-refractivity contribution in [3.05, 3.63) is 0 Å². The van der Waals surface area contributed by atoms with Crippen molar-refractivity contribution in [2.75, 3.05) is 26.2 Å². The highest BCUT2D eigenvalue weighted by Gasteiger charge is 2.36. The molecule has 4 nitrogen and oxygen atoms in total. The Morgan fingerprint density at radius 1 is 1.21 bits per heavy atom. The van der Waals surface area contributed by atoms with Gasteiger partial charge in [0.05, 0.1) is 0 Å². The van der Waals surface area contributed by atoms with Gasteiger partial charge in [-0.2, -0.15) is 13.2 Å². The summed E-state index contributed by atoms with van der Waals surface area (Å²) in [5, 5.41) is 5.22. The molecule has 2 amide bonds. The third-order valence-electron chi connectivity index (χ3n) is 3.60. The van der Waals surface area contributed by atoms with Gasteiger partial charge < -0.3 is 15.5 Å². The van der Waals surface area contributed by atoms with E-state index in [0.29, 0.717) is 12.5 Å².